The normalized spacial score (nSPS) is 12.0. The van der Waals surface area contributed by atoms with Crippen LogP contribution in [0.3, 0.4) is 0 Å². The summed E-state index contributed by atoms with van der Waals surface area (Å²) in [6.07, 6.45) is 3.49. The molecule has 0 aliphatic heterocycles. The molecule has 23 heavy (non-hydrogen) atoms. The zero-order chi connectivity index (χ0) is 16.7. The fourth-order valence-electron chi connectivity index (χ4n) is 2.11. The molecule has 1 N–H and O–H groups in total. The molecule has 1 amide bonds. The number of carbonyl (C=O) groups excluding carboxylic acids is 1. The number of nitrogens with one attached hydrogen (secondary N) is 1. The van der Waals surface area contributed by atoms with E-state index in [2.05, 4.69) is 24.1 Å². The van der Waals surface area contributed by atoms with E-state index >= 15 is 0 Å². The SMILES string of the molecule is COc1cccc(S[C@H](C(=O)NCc2cccnc2)C(C)C)c1. The highest BCUT2D eigenvalue weighted by Crippen LogP contribution is 2.30. The quantitative estimate of drug-likeness (QED) is 0.789. The smallest absolute Gasteiger partial charge is 0.234 e. The average molecular weight is 330 g/mol. The van der Waals surface area contributed by atoms with Crippen LogP contribution >= 0.6 is 11.8 Å². The fraction of sp³-hybridized carbons (Fsp3) is 0.333. The molecule has 1 aromatic carbocycles. The van der Waals surface area contributed by atoms with Crippen molar-refractivity contribution in [2.45, 2.75) is 30.5 Å². The zero-order valence-corrected chi connectivity index (χ0v) is 14.5. The first-order chi connectivity index (χ1) is 11.1. The van der Waals surface area contributed by atoms with Gasteiger partial charge >= 0.3 is 0 Å². The summed E-state index contributed by atoms with van der Waals surface area (Å²) in [4.78, 5) is 17.6. The summed E-state index contributed by atoms with van der Waals surface area (Å²) in [6.45, 7) is 4.61. The van der Waals surface area contributed by atoms with Gasteiger partial charge in [0.2, 0.25) is 5.91 Å². The minimum Gasteiger partial charge on any atom is -0.497 e. The van der Waals surface area contributed by atoms with Crippen molar-refractivity contribution in [1.29, 1.82) is 0 Å². The van der Waals surface area contributed by atoms with E-state index in [-0.39, 0.29) is 17.1 Å². The van der Waals surface area contributed by atoms with Gasteiger partial charge in [-0.1, -0.05) is 26.0 Å². The predicted octanol–water partition coefficient (Wildman–Crippen LogP) is 3.52. The van der Waals surface area contributed by atoms with Crippen LogP contribution in [-0.4, -0.2) is 23.3 Å². The highest BCUT2D eigenvalue weighted by Gasteiger charge is 2.23. The van der Waals surface area contributed by atoms with E-state index in [1.54, 1.807) is 31.3 Å². The summed E-state index contributed by atoms with van der Waals surface area (Å²) in [5.41, 5.74) is 0.995. The van der Waals surface area contributed by atoms with E-state index < -0.39 is 0 Å². The van der Waals surface area contributed by atoms with E-state index in [1.807, 2.05) is 36.4 Å². The fourth-order valence-corrected chi connectivity index (χ4v) is 3.20. The van der Waals surface area contributed by atoms with E-state index in [4.69, 9.17) is 4.74 Å². The molecular formula is C18H22N2O2S. The standard InChI is InChI=1S/C18H22N2O2S/c1-13(2)17(23-16-8-4-7-15(10-16)22-3)18(21)20-12-14-6-5-9-19-11-14/h4-11,13,17H,12H2,1-3H3,(H,20,21)/t17-/m0/s1. The second-order valence-corrected chi connectivity index (χ2v) is 6.76. The first-order valence-electron chi connectivity index (χ1n) is 7.57. The Kier molecular flexibility index (Phi) is 6.47. The number of ether oxygens (including phenoxy) is 1. The molecule has 0 saturated carbocycles. The van der Waals surface area contributed by atoms with Crippen molar-refractivity contribution < 1.29 is 9.53 Å². The Balaban J connectivity index is 2.00. The first-order valence-corrected chi connectivity index (χ1v) is 8.45. The maximum atomic E-state index is 12.5. The number of hydrogen-bond donors (Lipinski definition) is 1. The van der Waals surface area contributed by atoms with Gasteiger partial charge in [0.1, 0.15) is 5.75 Å². The van der Waals surface area contributed by atoms with Crippen molar-refractivity contribution in [1.82, 2.24) is 10.3 Å². The number of aromatic nitrogens is 1. The van der Waals surface area contributed by atoms with Gasteiger partial charge in [0, 0.05) is 23.8 Å². The molecule has 0 aliphatic rings. The number of hydrogen-bond acceptors (Lipinski definition) is 4. The lowest BCUT2D eigenvalue weighted by molar-refractivity contribution is -0.121. The third kappa shape index (κ3) is 5.28. The van der Waals surface area contributed by atoms with Gasteiger partial charge in [0.25, 0.3) is 0 Å². The van der Waals surface area contributed by atoms with Crippen LogP contribution in [0.5, 0.6) is 5.75 Å². The second-order valence-electron chi connectivity index (χ2n) is 5.54. The highest BCUT2D eigenvalue weighted by atomic mass is 32.2. The Morgan fingerprint density at radius 1 is 1.30 bits per heavy atom. The molecule has 0 aliphatic carbocycles. The Hall–Kier alpha value is -2.01. The van der Waals surface area contributed by atoms with Gasteiger partial charge in [-0.05, 0) is 35.7 Å². The number of rotatable bonds is 7. The van der Waals surface area contributed by atoms with E-state index in [0.29, 0.717) is 6.54 Å². The first kappa shape index (κ1) is 17.3. The number of thioether (sulfide) groups is 1. The third-order valence-corrected chi connectivity index (χ3v) is 4.90. The maximum absolute atomic E-state index is 12.5. The monoisotopic (exact) mass is 330 g/mol. The maximum Gasteiger partial charge on any atom is 0.234 e. The van der Waals surface area contributed by atoms with Gasteiger partial charge in [-0.25, -0.2) is 0 Å². The number of benzene rings is 1. The summed E-state index contributed by atoms with van der Waals surface area (Å²) in [5, 5.41) is 2.84. The molecular weight excluding hydrogens is 308 g/mol. The summed E-state index contributed by atoms with van der Waals surface area (Å²) in [6, 6.07) is 11.6. The molecule has 0 radical (unpaired) electrons. The molecule has 0 saturated heterocycles. The van der Waals surface area contributed by atoms with E-state index in [9.17, 15) is 4.79 Å². The molecule has 1 heterocycles. The van der Waals surface area contributed by atoms with E-state index in [1.165, 1.54) is 0 Å². The molecule has 2 aromatic rings. The number of nitrogens with zero attached hydrogens (tertiary/aromatic N) is 1. The van der Waals surface area contributed by atoms with Gasteiger partial charge in [-0.3, -0.25) is 9.78 Å². The van der Waals surface area contributed by atoms with Crippen LogP contribution in [0.15, 0.2) is 53.7 Å². The van der Waals surface area contributed by atoms with Crippen molar-refractivity contribution in [3.63, 3.8) is 0 Å². The van der Waals surface area contributed by atoms with Crippen molar-refractivity contribution in [3.8, 4) is 5.75 Å². The Labute approximate surface area is 141 Å². The Morgan fingerprint density at radius 2 is 2.13 bits per heavy atom. The van der Waals surface area contributed by atoms with E-state index in [0.717, 1.165) is 16.2 Å². The molecule has 1 aromatic heterocycles. The van der Waals surface area contributed by atoms with Crippen LogP contribution < -0.4 is 10.1 Å². The number of methoxy groups -OCH3 is 1. The predicted molar refractivity (Wildman–Crippen MR) is 93.6 cm³/mol. The van der Waals surface area contributed by atoms with Crippen LogP contribution in [0.4, 0.5) is 0 Å². The minimum atomic E-state index is -0.154. The summed E-state index contributed by atoms with van der Waals surface area (Å²) in [7, 11) is 1.64. The lowest BCUT2D eigenvalue weighted by Gasteiger charge is -2.20. The molecule has 4 nitrogen and oxygen atoms in total. The third-order valence-electron chi connectivity index (χ3n) is 3.36. The molecule has 0 fully saturated rings. The van der Waals surface area contributed by atoms with Crippen LogP contribution in [0.1, 0.15) is 19.4 Å². The topological polar surface area (TPSA) is 51.2 Å². The van der Waals surface area contributed by atoms with Gasteiger partial charge in [0.15, 0.2) is 0 Å². The van der Waals surface area contributed by atoms with Gasteiger partial charge in [-0.2, -0.15) is 0 Å². The van der Waals surface area contributed by atoms with Crippen molar-refractivity contribution >= 4 is 17.7 Å². The largest absolute Gasteiger partial charge is 0.497 e. The summed E-state index contributed by atoms with van der Waals surface area (Å²) >= 11 is 1.56. The van der Waals surface area contributed by atoms with Gasteiger partial charge in [-0.15, -0.1) is 11.8 Å². The second kappa shape index (κ2) is 8.58. The lowest BCUT2D eigenvalue weighted by Crippen LogP contribution is -2.35. The zero-order valence-electron chi connectivity index (χ0n) is 13.7. The van der Waals surface area contributed by atoms with Crippen LogP contribution in [0, 0.1) is 5.92 Å². The molecule has 0 spiro atoms. The van der Waals surface area contributed by atoms with Gasteiger partial charge < -0.3 is 10.1 Å². The molecule has 2 rings (SSSR count). The number of pyridine rings is 1. The van der Waals surface area contributed by atoms with Crippen LogP contribution in [0.25, 0.3) is 0 Å². The molecule has 1 atom stereocenters. The van der Waals surface area contributed by atoms with Crippen LogP contribution in [0.2, 0.25) is 0 Å². The van der Waals surface area contributed by atoms with Gasteiger partial charge in [0.05, 0.1) is 12.4 Å². The number of amides is 1. The Bertz CT molecular complexity index is 632. The molecule has 0 bridgehead atoms. The average Bonchev–Trinajstić information content (AvgIpc) is 2.58. The van der Waals surface area contributed by atoms with Crippen molar-refractivity contribution in [2.24, 2.45) is 5.92 Å². The molecule has 122 valence electrons. The summed E-state index contributed by atoms with van der Waals surface area (Å²) < 4.78 is 5.24. The van der Waals surface area contributed by atoms with Crippen LogP contribution in [-0.2, 0) is 11.3 Å². The molecule has 5 heteroatoms. The minimum absolute atomic E-state index is 0.0386. The molecule has 0 unspecified atom stereocenters. The van der Waals surface area contributed by atoms with Crippen molar-refractivity contribution in [2.75, 3.05) is 7.11 Å². The lowest BCUT2D eigenvalue weighted by atomic mass is 10.1. The summed E-state index contributed by atoms with van der Waals surface area (Å²) in [5.74, 6) is 1.06. The Morgan fingerprint density at radius 3 is 2.78 bits per heavy atom. The highest BCUT2D eigenvalue weighted by molar-refractivity contribution is 8.00. The van der Waals surface area contributed by atoms with Crippen molar-refractivity contribution in [3.05, 3.63) is 54.4 Å². The number of carbonyl (C=O) groups is 1.